The predicted octanol–water partition coefficient (Wildman–Crippen LogP) is 4.32. The molecule has 0 amide bonds. The minimum absolute atomic E-state index is 1.02. The van der Waals surface area contributed by atoms with Gasteiger partial charge in [0, 0.05) is 5.56 Å². The van der Waals surface area contributed by atoms with Gasteiger partial charge >= 0.3 is 0 Å². The fraction of sp³-hybridized carbons (Fsp3) is 0.0588. The summed E-state index contributed by atoms with van der Waals surface area (Å²) in [4.78, 5) is 0. The van der Waals surface area contributed by atoms with Crippen LogP contribution in [0.15, 0.2) is 66.8 Å². The number of hydrogen-bond acceptors (Lipinski definition) is 0. The Morgan fingerprint density at radius 3 is 2.65 bits per heavy atom. The highest BCUT2D eigenvalue weighted by Crippen LogP contribution is 2.14. The molecular weight excluding hydrogens is 204 g/mol. The third-order valence-corrected chi connectivity index (χ3v) is 2.52. The van der Waals surface area contributed by atoms with Gasteiger partial charge in [-0.3, -0.25) is 0 Å². The molecule has 0 N–H and O–H groups in total. The van der Waals surface area contributed by atoms with Gasteiger partial charge in [0.25, 0.3) is 0 Å². The zero-order valence-corrected chi connectivity index (χ0v) is 9.90. The monoisotopic (exact) mass is 218 g/mol. The van der Waals surface area contributed by atoms with Crippen LogP contribution in [-0.4, -0.2) is 0 Å². The molecule has 0 unspecified atom stereocenters. The minimum atomic E-state index is 1.02. The van der Waals surface area contributed by atoms with Gasteiger partial charge in [-0.05, 0) is 35.4 Å². The van der Waals surface area contributed by atoms with Gasteiger partial charge in [-0.15, -0.1) is 0 Å². The van der Waals surface area contributed by atoms with Gasteiger partial charge in [0.2, 0.25) is 0 Å². The molecule has 0 aromatic heterocycles. The van der Waals surface area contributed by atoms with Crippen LogP contribution in [0.5, 0.6) is 0 Å². The lowest BCUT2D eigenvalue weighted by Gasteiger charge is -1.97. The van der Waals surface area contributed by atoms with Crippen molar-refractivity contribution < 1.29 is 0 Å². The van der Waals surface area contributed by atoms with Gasteiger partial charge in [0.05, 0.1) is 0 Å². The summed E-state index contributed by atoms with van der Waals surface area (Å²) < 4.78 is 0. The lowest BCUT2D eigenvalue weighted by atomic mass is 10.1. The third kappa shape index (κ3) is 2.86. The van der Waals surface area contributed by atoms with Crippen LogP contribution in [0.1, 0.15) is 12.5 Å². The first-order chi connectivity index (χ1) is 8.29. The molecule has 2 aromatic rings. The van der Waals surface area contributed by atoms with E-state index in [0.717, 1.165) is 11.1 Å². The zero-order chi connectivity index (χ0) is 12.1. The van der Waals surface area contributed by atoms with Gasteiger partial charge in [-0.2, -0.15) is 0 Å². The second kappa shape index (κ2) is 5.18. The molecule has 0 saturated heterocycles. The lowest BCUT2D eigenvalue weighted by molar-refractivity contribution is 1.57. The highest BCUT2D eigenvalue weighted by atomic mass is 14.0. The summed E-state index contributed by atoms with van der Waals surface area (Å²) in [6.07, 6.45) is 3.67. The van der Waals surface area contributed by atoms with Crippen molar-refractivity contribution in [2.75, 3.05) is 0 Å². The molecule has 0 heterocycles. The average Bonchev–Trinajstić information content (AvgIpc) is 2.36. The Labute approximate surface area is 102 Å². The molecule has 0 spiro atoms. The first-order valence-electron chi connectivity index (χ1n) is 5.60. The van der Waals surface area contributed by atoms with Gasteiger partial charge in [-0.1, -0.05) is 60.9 Å². The highest BCUT2D eigenvalue weighted by Gasteiger charge is 1.92. The Bertz CT molecular complexity index is 634. The Morgan fingerprint density at radius 2 is 1.88 bits per heavy atom. The van der Waals surface area contributed by atoms with Crippen LogP contribution in [0.25, 0.3) is 10.8 Å². The molecule has 0 fully saturated rings. The van der Waals surface area contributed by atoms with Gasteiger partial charge in [0.15, 0.2) is 0 Å². The molecule has 0 nitrogen and oxygen atoms in total. The van der Waals surface area contributed by atoms with E-state index in [1.54, 1.807) is 6.08 Å². The predicted molar refractivity (Wildman–Crippen MR) is 74.8 cm³/mol. The highest BCUT2D eigenvalue weighted by molar-refractivity contribution is 5.83. The third-order valence-electron chi connectivity index (χ3n) is 2.52. The number of benzene rings is 2. The van der Waals surface area contributed by atoms with E-state index in [1.807, 2.05) is 25.1 Å². The van der Waals surface area contributed by atoms with E-state index in [1.165, 1.54) is 10.8 Å². The quantitative estimate of drug-likeness (QED) is 0.494. The molecule has 0 aliphatic rings. The number of rotatable bonds is 1. The summed E-state index contributed by atoms with van der Waals surface area (Å²) >= 11 is 0. The van der Waals surface area contributed by atoms with Crippen molar-refractivity contribution in [1.82, 2.24) is 0 Å². The molecule has 0 aliphatic heterocycles. The first-order valence-corrected chi connectivity index (χ1v) is 5.60. The van der Waals surface area contributed by atoms with Crippen LogP contribution in [0.2, 0.25) is 0 Å². The number of fused-ring (bicyclic) bond motifs is 1. The van der Waals surface area contributed by atoms with Gasteiger partial charge in [-0.25, -0.2) is 0 Å². The summed E-state index contributed by atoms with van der Waals surface area (Å²) in [5.41, 5.74) is 2.06. The maximum absolute atomic E-state index is 3.65. The Kier molecular flexibility index (Phi) is 3.43. The molecule has 0 aliphatic carbocycles. The molecule has 0 heteroatoms. The van der Waals surface area contributed by atoms with E-state index < -0.39 is 0 Å². The summed E-state index contributed by atoms with van der Waals surface area (Å²) in [6, 6.07) is 14.6. The van der Waals surface area contributed by atoms with Crippen molar-refractivity contribution >= 4 is 10.8 Å². The van der Waals surface area contributed by atoms with E-state index in [9.17, 15) is 0 Å². The van der Waals surface area contributed by atoms with Crippen molar-refractivity contribution in [1.29, 1.82) is 0 Å². The van der Waals surface area contributed by atoms with E-state index in [0.29, 0.717) is 0 Å². The largest absolute Gasteiger partial charge is 0.0990 e. The van der Waals surface area contributed by atoms with Crippen LogP contribution in [0.3, 0.4) is 0 Å². The van der Waals surface area contributed by atoms with Crippen molar-refractivity contribution in [3.63, 3.8) is 0 Å². The van der Waals surface area contributed by atoms with Crippen molar-refractivity contribution in [3.8, 4) is 11.8 Å². The van der Waals surface area contributed by atoms with E-state index in [-0.39, 0.29) is 0 Å². The molecule has 0 bridgehead atoms. The Balaban J connectivity index is 2.37. The summed E-state index contributed by atoms with van der Waals surface area (Å²) in [5, 5.41) is 2.47. The fourth-order valence-corrected chi connectivity index (χ4v) is 1.66. The molecule has 0 saturated carbocycles. The number of hydrogen-bond donors (Lipinski definition) is 0. The van der Waals surface area contributed by atoms with Crippen LogP contribution < -0.4 is 0 Å². The van der Waals surface area contributed by atoms with E-state index >= 15 is 0 Å². The van der Waals surface area contributed by atoms with Crippen molar-refractivity contribution in [2.45, 2.75) is 6.92 Å². The van der Waals surface area contributed by atoms with Crippen molar-refractivity contribution in [3.05, 3.63) is 72.3 Å². The summed E-state index contributed by atoms with van der Waals surface area (Å²) in [7, 11) is 0. The lowest BCUT2D eigenvalue weighted by Crippen LogP contribution is -1.77. The molecule has 2 aromatic carbocycles. The van der Waals surface area contributed by atoms with Crippen molar-refractivity contribution in [2.24, 2.45) is 0 Å². The second-order valence-electron chi connectivity index (χ2n) is 3.90. The van der Waals surface area contributed by atoms with Gasteiger partial charge in [0.1, 0.15) is 0 Å². The van der Waals surface area contributed by atoms with Crippen LogP contribution in [0.4, 0.5) is 0 Å². The van der Waals surface area contributed by atoms with Gasteiger partial charge < -0.3 is 0 Å². The minimum Gasteiger partial charge on any atom is -0.0990 e. The maximum atomic E-state index is 3.65. The molecule has 2 rings (SSSR count). The number of allylic oxidation sites excluding steroid dienone is 3. The zero-order valence-electron chi connectivity index (χ0n) is 9.90. The maximum Gasteiger partial charge on any atom is 0.0255 e. The molecule has 17 heavy (non-hydrogen) atoms. The normalized spacial score (nSPS) is 10.8. The summed E-state index contributed by atoms with van der Waals surface area (Å²) in [6.45, 7) is 5.63. The molecule has 82 valence electrons. The molecule has 0 atom stereocenters. The molecular formula is C17H14. The second-order valence-corrected chi connectivity index (χ2v) is 3.90. The topological polar surface area (TPSA) is 0 Å². The van der Waals surface area contributed by atoms with Crippen LogP contribution in [-0.2, 0) is 0 Å². The Morgan fingerprint density at radius 1 is 1.12 bits per heavy atom. The fourth-order valence-electron chi connectivity index (χ4n) is 1.66. The van der Waals surface area contributed by atoms with Crippen LogP contribution >= 0.6 is 0 Å². The van der Waals surface area contributed by atoms with Crippen LogP contribution in [0, 0.1) is 11.8 Å². The molecule has 0 radical (unpaired) electrons. The Hall–Kier alpha value is -2.26. The van der Waals surface area contributed by atoms with E-state index in [4.69, 9.17) is 0 Å². The SMILES string of the molecule is C=C/C=C(\C)C#Cc1ccc2ccccc2c1. The van der Waals surface area contributed by atoms with E-state index in [2.05, 4.69) is 48.8 Å². The summed E-state index contributed by atoms with van der Waals surface area (Å²) in [5.74, 6) is 6.26. The smallest absolute Gasteiger partial charge is 0.0255 e. The standard InChI is InChI=1S/C17H14/c1-3-6-14(2)9-10-15-11-12-16-7-4-5-8-17(16)13-15/h3-8,11-13H,1H2,2H3/b14-6+. The first kappa shape index (κ1) is 11.2. The average molecular weight is 218 g/mol.